The Bertz CT molecular complexity index is 811. The minimum Gasteiger partial charge on any atom is -0.379 e. The molecule has 0 unspecified atom stereocenters. The van der Waals surface area contributed by atoms with E-state index in [4.69, 9.17) is 14.3 Å². The van der Waals surface area contributed by atoms with Gasteiger partial charge in [-0.1, -0.05) is 29.4 Å². The number of hydrogen-bond donors (Lipinski definition) is 1. The zero-order valence-corrected chi connectivity index (χ0v) is 18.5. The van der Waals surface area contributed by atoms with Crippen molar-refractivity contribution in [2.24, 2.45) is 4.99 Å². The van der Waals surface area contributed by atoms with Crippen LogP contribution in [0.15, 0.2) is 46.1 Å². The van der Waals surface area contributed by atoms with Gasteiger partial charge in [0, 0.05) is 65.0 Å². The summed E-state index contributed by atoms with van der Waals surface area (Å²) in [5.74, 6) is 1.00. The van der Waals surface area contributed by atoms with Crippen molar-refractivity contribution in [2.75, 3.05) is 59.0 Å². The fraction of sp³-hybridized carbons (Fsp3) is 0.565. The van der Waals surface area contributed by atoms with Gasteiger partial charge in [0.25, 0.3) is 0 Å². The van der Waals surface area contributed by atoms with Crippen LogP contribution in [-0.2, 0) is 24.4 Å². The molecule has 2 fully saturated rings. The van der Waals surface area contributed by atoms with E-state index in [9.17, 15) is 0 Å². The van der Waals surface area contributed by atoms with Crippen LogP contribution in [0.25, 0.3) is 0 Å². The van der Waals surface area contributed by atoms with Crippen molar-refractivity contribution in [1.29, 1.82) is 0 Å². The first-order chi connectivity index (χ1) is 15.3. The maximum absolute atomic E-state index is 5.46. The van der Waals surface area contributed by atoms with Crippen LogP contribution in [0.2, 0.25) is 0 Å². The van der Waals surface area contributed by atoms with Crippen molar-refractivity contribution < 1.29 is 9.26 Å². The van der Waals surface area contributed by atoms with Gasteiger partial charge in [-0.15, -0.1) is 0 Å². The van der Waals surface area contributed by atoms with E-state index in [0.717, 1.165) is 83.8 Å². The molecule has 1 aromatic heterocycles. The Morgan fingerprint density at radius 3 is 2.52 bits per heavy atom. The third-order valence-corrected chi connectivity index (χ3v) is 5.80. The van der Waals surface area contributed by atoms with Gasteiger partial charge < -0.3 is 19.5 Å². The summed E-state index contributed by atoms with van der Waals surface area (Å²) in [6, 6.07) is 10.8. The van der Waals surface area contributed by atoms with Crippen LogP contribution < -0.4 is 5.32 Å². The van der Waals surface area contributed by atoms with E-state index >= 15 is 0 Å². The number of nitrogens with zero attached hydrogens (tertiary/aromatic N) is 5. The van der Waals surface area contributed by atoms with Crippen molar-refractivity contribution in [3.63, 3.8) is 0 Å². The monoisotopic (exact) mass is 426 g/mol. The molecule has 0 aliphatic carbocycles. The van der Waals surface area contributed by atoms with Gasteiger partial charge in [-0.25, -0.2) is 4.99 Å². The third kappa shape index (κ3) is 6.53. The molecule has 4 rings (SSSR count). The highest BCUT2D eigenvalue weighted by Crippen LogP contribution is 2.12. The summed E-state index contributed by atoms with van der Waals surface area (Å²) in [5.41, 5.74) is 3.60. The number of morpholine rings is 1. The third-order valence-electron chi connectivity index (χ3n) is 5.80. The Morgan fingerprint density at radius 1 is 1.00 bits per heavy atom. The normalized spacial score (nSPS) is 19.0. The van der Waals surface area contributed by atoms with E-state index < -0.39 is 0 Å². The topological polar surface area (TPSA) is 69.4 Å². The molecular formula is C23H34N6O2. The standard InChI is InChI=1S/C23H34N6O2/c1-2-24-23(29-9-7-27(8-10-29)19-22-6-13-31-26-22)25-17-20-4-3-5-21(16-20)18-28-11-14-30-15-12-28/h3-6,13,16H,2,7-12,14-15,17-19H2,1H3,(H,24,25). The minimum atomic E-state index is 0.693. The van der Waals surface area contributed by atoms with Gasteiger partial charge in [0.15, 0.2) is 5.96 Å². The fourth-order valence-corrected chi connectivity index (χ4v) is 4.10. The molecule has 8 nitrogen and oxygen atoms in total. The Hall–Kier alpha value is -2.42. The minimum absolute atomic E-state index is 0.693. The van der Waals surface area contributed by atoms with Crippen molar-refractivity contribution in [2.45, 2.75) is 26.6 Å². The molecule has 0 atom stereocenters. The number of guanidine groups is 1. The highest BCUT2D eigenvalue weighted by atomic mass is 16.5. The van der Waals surface area contributed by atoms with Crippen molar-refractivity contribution in [1.82, 2.24) is 25.2 Å². The van der Waals surface area contributed by atoms with Crippen LogP contribution in [0.3, 0.4) is 0 Å². The smallest absolute Gasteiger partial charge is 0.194 e. The van der Waals surface area contributed by atoms with Gasteiger partial charge in [-0.05, 0) is 18.1 Å². The summed E-state index contributed by atoms with van der Waals surface area (Å²) >= 11 is 0. The second-order valence-corrected chi connectivity index (χ2v) is 8.13. The number of nitrogens with one attached hydrogen (secondary N) is 1. The van der Waals surface area contributed by atoms with Gasteiger partial charge in [-0.3, -0.25) is 9.80 Å². The summed E-state index contributed by atoms with van der Waals surface area (Å²) in [7, 11) is 0. The summed E-state index contributed by atoms with van der Waals surface area (Å²) in [6.07, 6.45) is 1.64. The van der Waals surface area contributed by atoms with E-state index in [1.165, 1.54) is 11.1 Å². The first kappa shape index (κ1) is 21.8. The molecule has 2 aromatic rings. The molecule has 31 heavy (non-hydrogen) atoms. The molecule has 0 bridgehead atoms. The van der Waals surface area contributed by atoms with Crippen molar-refractivity contribution >= 4 is 5.96 Å². The number of piperazine rings is 1. The van der Waals surface area contributed by atoms with E-state index in [2.05, 4.69) is 56.4 Å². The molecule has 2 aliphatic rings. The lowest BCUT2D eigenvalue weighted by Gasteiger charge is -2.36. The molecule has 3 heterocycles. The van der Waals surface area contributed by atoms with Crippen LogP contribution >= 0.6 is 0 Å². The lowest BCUT2D eigenvalue weighted by Crippen LogP contribution is -2.52. The Kier molecular flexibility index (Phi) is 7.93. The first-order valence-electron chi connectivity index (χ1n) is 11.3. The van der Waals surface area contributed by atoms with Gasteiger partial charge in [0.2, 0.25) is 0 Å². The van der Waals surface area contributed by atoms with E-state index in [1.807, 2.05) is 6.07 Å². The SMILES string of the molecule is CCNC(=NCc1cccc(CN2CCOCC2)c1)N1CCN(Cc2ccon2)CC1. The molecule has 2 saturated heterocycles. The highest BCUT2D eigenvalue weighted by molar-refractivity contribution is 5.80. The molecule has 8 heteroatoms. The second-order valence-electron chi connectivity index (χ2n) is 8.13. The largest absolute Gasteiger partial charge is 0.379 e. The molecule has 0 radical (unpaired) electrons. The number of aliphatic imine (C=N–C) groups is 1. The number of benzene rings is 1. The lowest BCUT2D eigenvalue weighted by molar-refractivity contribution is 0.0342. The van der Waals surface area contributed by atoms with Gasteiger partial charge >= 0.3 is 0 Å². The summed E-state index contributed by atoms with van der Waals surface area (Å²) in [6.45, 7) is 13.1. The van der Waals surface area contributed by atoms with Crippen molar-refractivity contribution in [3.8, 4) is 0 Å². The molecular weight excluding hydrogens is 392 g/mol. The first-order valence-corrected chi connectivity index (χ1v) is 11.3. The summed E-state index contributed by atoms with van der Waals surface area (Å²) in [5, 5.41) is 7.50. The summed E-state index contributed by atoms with van der Waals surface area (Å²) < 4.78 is 10.4. The maximum atomic E-state index is 5.46. The highest BCUT2D eigenvalue weighted by Gasteiger charge is 2.20. The average Bonchev–Trinajstić information content (AvgIpc) is 3.31. The van der Waals surface area contributed by atoms with Crippen LogP contribution in [0.4, 0.5) is 0 Å². The lowest BCUT2D eigenvalue weighted by atomic mass is 10.1. The number of hydrogen-bond acceptors (Lipinski definition) is 6. The van der Waals surface area contributed by atoms with Crippen LogP contribution in [-0.4, -0.2) is 84.8 Å². The Balaban J connectivity index is 1.32. The maximum Gasteiger partial charge on any atom is 0.194 e. The van der Waals surface area contributed by atoms with Gasteiger partial charge in [0.1, 0.15) is 6.26 Å². The van der Waals surface area contributed by atoms with Crippen LogP contribution in [0.5, 0.6) is 0 Å². The molecule has 2 aliphatic heterocycles. The van der Waals surface area contributed by atoms with E-state index in [1.54, 1.807) is 6.26 Å². The molecule has 0 amide bonds. The zero-order valence-electron chi connectivity index (χ0n) is 18.5. The predicted octanol–water partition coefficient (Wildman–Crippen LogP) is 1.79. The zero-order chi connectivity index (χ0) is 21.3. The molecule has 0 saturated carbocycles. The summed E-state index contributed by atoms with van der Waals surface area (Å²) in [4.78, 5) is 12.2. The average molecular weight is 427 g/mol. The quantitative estimate of drug-likeness (QED) is 0.535. The molecule has 168 valence electrons. The predicted molar refractivity (Wildman–Crippen MR) is 121 cm³/mol. The number of ether oxygens (including phenoxy) is 1. The molecule has 1 aromatic carbocycles. The van der Waals surface area contributed by atoms with E-state index in [-0.39, 0.29) is 0 Å². The number of rotatable bonds is 7. The fourth-order valence-electron chi connectivity index (χ4n) is 4.10. The second kappa shape index (κ2) is 11.3. The van der Waals surface area contributed by atoms with Crippen LogP contribution in [0.1, 0.15) is 23.7 Å². The van der Waals surface area contributed by atoms with Crippen molar-refractivity contribution in [3.05, 3.63) is 53.4 Å². The van der Waals surface area contributed by atoms with Gasteiger partial charge in [-0.2, -0.15) is 0 Å². The van der Waals surface area contributed by atoms with E-state index in [0.29, 0.717) is 6.54 Å². The molecule has 1 N–H and O–H groups in total. The van der Waals surface area contributed by atoms with Crippen LogP contribution in [0, 0.1) is 0 Å². The Morgan fingerprint density at radius 2 is 1.77 bits per heavy atom. The molecule has 0 spiro atoms. The Labute approximate surface area is 184 Å². The van der Waals surface area contributed by atoms with Gasteiger partial charge in [0.05, 0.1) is 25.5 Å². The number of aromatic nitrogens is 1.